The van der Waals surface area contributed by atoms with Crippen LogP contribution in [0.25, 0.3) is 0 Å². The summed E-state index contributed by atoms with van der Waals surface area (Å²) in [6, 6.07) is 5.87. The van der Waals surface area contributed by atoms with Gasteiger partial charge >= 0.3 is 0 Å². The molecule has 1 aromatic carbocycles. The minimum absolute atomic E-state index is 0.00493. The predicted molar refractivity (Wildman–Crippen MR) is 143 cm³/mol. The van der Waals surface area contributed by atoms with Gasteiger partial charge in [0.25, 0.3) is 0 Å². The number of benzene rings is 1. The molecule has 0 aliphatic carbocycles. The smallest absolute Gasteiger partial charge is 0.243 e. The molecule has 0 heterocycles. The lowest BCUT2D eigenvalue weighted by Gasteiger charge is -2.24. The molecule has 2 atom stereocenters. The highest BCUT2D eigenvalue weighted by molar-refractivity contribution is 6.27. The van der Waals surface area contributed by atoms with Crippen molar-refractivity contribution in [1.82, 2.24) is 26.6 Å². The molecule has 0 saturated carbocycles. The van der Waals surface area contributed by atoms with Gasteiger partial charge in [-0.3, -0.25) is 24.0 Å². The van der Waals surface area contributed by atoms with Crippen molar-refractivity contribution in [2.45, 2.75) is 84.5 Å². The van der Waals surface area contributed by atoms with Gasteiger partial charge in [0.05, 0.1) is 0 Å². The van der Waals surface area contributed by atoms with E-state index in [2.05, 4.69) is 26.6 Å². The lowest BCUT2D eigenvalue weighted by molar-refractivity contribution is -0.133. The van der Waals surface area contributed by atoms with Crippen LogP contribution >= 0.6 is 11.6 Å². The maximum Gasteiger partial charge on any atom is 0.243 e. The van der Waals surface area contributed by atoms with Crippen LogP contribution in [0.1, 0.15) is 64.5 Å². The second kappa shape index (κ2) is 15.9. The normalized spacial score (nSPS) is 12.6. The van der Waals surface area contributed by atoms with Crippen molar-refractivity contribution in [3.63, 3.8) is 0 Å². The van der Waals surface area contributed by atoms with Crippen molar-refractivity contribution in [3.05, 3.63) is 35.4 Å². The van der Waals surface area contributed by atoms with Gasteiger partial charge in [0.15, 0.2) is 0 Å². The van der Waals surface area contributed by atoms with Gasteiger partial charge in [0.1, 0.15) is 18.0 Å². The lowest BCUT2D eigenvalue weighted by Crippen LogP contribution is -2.54. The van der Waals surface area contributed by atoms with Crippen LogP contribution in [0.3, 0.4) is 0 Å². The predicted octanol–water partition coefficient (Wildman–Crippen LogP) is 1.43. The first-order chi connectivity index (χ1) is 17.3. The van der Waals surface area contributed by atoms with Crippen molar-refractivity contribution in [2.75, 3.05) is 12.4 Å². The highest BCUT2D eigenvalue weighted by Gasteiger charge is 2.27. The number of carbonyl (C=O) groups is 5. The minimum atomic E-state index is -1.04. The standard InChI is InChI=1S/C26H40ClN5O5/c1-6-19(24(36)29-16-18-9-7-17(2)8-10-18)31-25(37)20(11-12-22(34)32-26(3,4)5)30-21(33)13-14-28-23(35)15-27/h7-10,19-20H,6,11-16H2,1-5H3,(H,28,35)(H,29,36)(H,30,33)(H,31,37)(H,32,34)/t19-,20-/m0/s1. The molecule has 0 unspecified atom stereocenters. The third-order valence-electron chi connectivity index (χ3n) is 5.25. The number of alkyl halides is 1. The number of halogens is 1. The van der Waals surface area contributed by atoms with Gasteiger partial charge < -0.3 is 26.6 Å². The zero-order valence-corrected chi connectivity index (χ0v) is 23.1. The van der Waals surface area contributed by atoms with Crippen LogP contribution in [-0.4, -0.2) is 59.6 Å². The second-order valence-electron chi connectivity index (χ2n) is 9.86. The van der Waals surface area contributed by atoms with E-state index < -0.39 is 35.3 Å². The summed E-state index contributed by atoms with van der Waals surface area (Å²) in [5.74, 6) is -2.31. The lowest BCUT2D eigenvalue weighted by atomic mass is 10.1. The molecule has 0 saturated heterocycles. The van der Waals surface area contributed by atoms with Gasteiger partial charge in [0, 0.05) is 31.5 Å². The van der Waals surface area contributed by atoms with E-state index in [1.54, 1.807) is 6.92 Å². The summed E-state index contributed by atoms with van der Waals surface area (Å²) in [6.07, 6.45) is 0.292. The Morgan fingerprint density at radius 3 is 2.05 bits per heavy atom. The zero-order valence-electron chi connectivity index (χ0n) is 22.3. The monoisotopic (exact) mass is 537 g/mol. The third kappa shape index (κ3) is 13.7. The molecular formula is C26H40ClN5O5. The Hall–Kier alpha value is -3.14. The summed E-state index contributed by atoms with van der Waals surface area (Å²) in [4.78, 5) is 61.8. The molecule has 0 radical (unpaired) electrons. The molecule has 37 heavy (non-hydrogen) atoms. The Labute approximate surface area is 224 Å². The van der Waals surface area contributed by atoms with E-state index in [1.807, 2.05) is 52.0 Å². The number of carbonyl (C=O) groups excluding carboxylic acids is 5. The first kappa shape index (κ1) is 31.9. The molecule has 5 N–H and O–H groups in total. The van der Waals surface area contributed by atoms with Crippen LogP contribution in [0.4, 0.5) is 0 Å². The summed E-state index contributed by atoms with van der Waals surface area (Å²) in [7, 11) is 0. The Balaban J connectivity index is 2.79. The van der Waals surface area contributed by atoms with E-state index in [1.165, 1.54) is 0 Å². The van der Waals surface area contributed by atoms with Crippen molar-refractivity contribution in [3.8, 4) is 0 Å². The largest absolute Gasteiger partial charge is 0.355 e. The summed E-state index contributed by atoms with van der Waals surface area (Å²) in [5, 5.41) is 13.4. The number of hydrogen-bond donors (Lipinski definition) is 5. The van der Waals surface area contributed by atoms with Gasteiger partial charge in [-0.1, -0.05) is 36.8 Å². The Kier molecular flexibility index (Phi) is 13.7. The molecule has 10 nitrogen and oxygen atoms in total. The van der Waals surface area contributed by atoms with E-state index in [0.29, 0.717) is 13.0 Å². The van der Waals surface area contributed by atoms with Crippen LogP contribution in [0.5, 0.6) is 0 Å². The maximum atomic E-state index is 13.1. The van der Waals surface area contributed by atoms with Gasteiger partial charge in [-0.05, 0) is 46.1 Å². The summed E-state index contributed by atoms with van der Waals surface area (Å²) >= 11 is 5.42. The molecule has 0 spiro atoms. The summed E-state index contributed by atoms with van der Waals surface area (Å²) < 4.78 is 0. The van der Waals surface area contributed by atoms with Crippen LogP contribution in [0.2, 0.25) is 0 Å². The summed E-state index contributed by atoms with van der Waals surface area (Å²) in [5.41, 5.74) is 1.59. The summed E-state index contributed by atoms with van der Waals surface area (Å²) in [6.45, 7) is 9.62. The molecule has 206 valence electrons. The average Bonchev–Trinajstić information content (AvgIpc) is 2.83. The van der Waals surface area contributed by atoms with Gasteiger partial charge in [-0.2, -0.15) is 0 Å². The topological polar surface area (TPSA) is 146 Å². The molecule has 0 aliphatic heterocycles. The molecule has 1 aromatic rings. The minimum Gasteiger partial charge on any atom is -0.355 e. The number of nitrogens with one attached hydrogen (secondary N) is 5. The third-order valence-corrected chi connectivity index (χ3v) is 5.49. The van der Waals surface area contributed by atoms with E-state index in [-0.39, 0.29) is 43.5 Å². The highest BCUT2D eigenvalue weighted by atomic mass is 35.5. The molecule has 0 fully saturated rings. The fourth-order valence-electron chi connectivity index (χ4n) is 3.30. The van der Waals surface area contributed by atoms with Gasteiger partial charge in [-0.25, -0.2) is 0 Å². The molecule has 11 heteroatoms. The number of aryl methyl sites for hydroxylation is 1. The average molecular weight is 538 g/mol. The zero-order chi connectivity index (χ0) is 28.0. The maximum absolute atomic E-state index is 13.1. The quantitative estimate of drug-likeness (QED) is 0.228. The Bertz CT molecular complexity index is 930. The second-order valence-corrected chi connectivity index (χ2v) is 10.1. The fourth-order valence-corrected chi connectivity index (χ4v) is 3.39. The van der Waals surface area contributed by atoms with Crippen LogP contribution in [-0.2, 0) is 30.5 Å². The van der Waals surface area contributed by atoms with E-state index in [4.69, 9.17) is 11.6 Å². The van der Waals surface area contributed by atoms with Crippen molar-refractivity contribution >= 4 is 41.1 Å². The van der Waals surface area contributed by atoms with Gasteiger partial charge in [0.2, 0.25) is 29.5 Å². The van der Waals surface area contributed by atoms with Crippen molar-refractivity contribution in [1.29, 1.82) is 0 Å². The van der Waals surface area contributed by atoms with Crippen molar-refractivity contribution in [2.24, 2.45) is 0 Å². The highest BCUT2D eigenvalue weighted by Crippen LogP contribution is 2.06. The number of amides is 5. The molecule has 0 aromatic heterocycles. The van der Waals surface area contributed by atoms with Crippen LogP contribution in [0, 0.1) is 6.92 Å². The van der Waals surface area contributed by atoms with E-state index >= 15 is 0 Å². The molecule has 5 amide bonds. The fraction of sp³-hybridized carbons (Fsp3) is 0.577. The molecule has 1 rings (SSSR count). The molecule has 0 aliphatic rings. The molecular weight excluding hydrogens is 498 g/mol. The first-order valence-electron chi connectivity index (χ1n) is 12.4. The van der Waals surface area contributed by atoms with Crippen LogP contribution < -0.4 is 26.6 Å². The number of rotatable bonds is 14. The Morgan fingerprint density at radius 2 is 1.49 bits per heavy atom. The number of hydrogen-bond acceptors (Lipinski definition) is 5. The van der Waals surface area contributed by atoms with Crippen LogP contribution in [0.15, 0.2) is 24.3 Å². The first-order valence-corrected chi connectivity index (χ1v) is 12.9. The van der Waals surface area contributed by atoms with Crippen molar-refractivity contribution < 1.29 is 24.0 Å². The van der Waals surface area contributed by atoms with Gasteiger partial charge in [-0.15, -0.1) is 11.6 Å². The Morgan fingerprint density at radius 1 is 0.838 bits per heavy atom. The van der Waals surface area contributed by atoms with E-state index in [0.717, 1.165) is 11.1 Å². The molecule has 0 bridgehead atoms. The van der Waals surface area contributed by atoms with E-state index in [9.17, 15) is 24.0 Å². The SMILES string of the molecule is CC[C@H](NC(=O)[C@H](CCC(=O)NC(C)(C)C)NC(=O)CCNC(=O)CCl)C(=O)NCc1ccc(C)cc1.